The molecule has 15 nitrogen and oxygen atoms in total. The van der Waals surface area contributed by atoms with Crippen LogP contribution in [0.3, 0.4) is 0 Å². The van der Waals surface area contributed by atoms with Gasteiger partial charge in [0.25, 0.3) is 0 Å². The molecule has 4 amide bonds. The lowest BCUT2D eigenvalue weighted by molar-refractivity contribution is -0.154. The highest BCUT2D eigenvalue weighted by Gasteiger charge is 2.71. The number of ketones is 8. The lowest BCUT2D eigenvalue weighted by Gasteiger charge is -2.39. The fraction of sp³-hybridized carbons (Fsp3) is 0.844. The molecule has 4 aliphatic carbocycles. The van der Waals surface area contributed by atoms with Gasteiger partial charge in [0, 0.05) is 133 Å². The smallest absolute Gasteiger partial charge is 0.248 e. The van der Waals surface area contributed by atoms with Gasteiger partial charge in [0.05, 0.1) is 12.1 Å². The summed E-state index contributed by atoms with van der Waals surface area (Å²) in [5.74, 6) is -13.8. The number of imide groups is 1. The van der Waals surface area contributed by atoms with Gasteiger partial charge in [0.1, 0.15) is 11.6 Å². The zero-order valence-corrected chi connectivity index (χ0v) is 60.1. The number of amides is 4. The van der Waals surface area contributed by atoms with Crippen molar-refractivity contribution in [2.75, 3.05) is 19.6 Å². The standard InChI is InChI=1S/C43H64F2N2O7.C34H51F2NO5/c1-40(2,3)29(24-46-34(51)22-41(4,5)23-35(46)52)21-30(48)19-28-15-17-43(44,45)16-11-9-8-10-12-27(38(53)33(50)18-26-13-14-26)20-32(49)37-36-31(42(36,6)7)25-47(37)39(28)54;1-32(2,3)19-24(38)17-23-13-15-34(35,36)14-9-7-6-8-10-22(30(41)27(40)16-21-11-12-21)18-26(39)29-28-25(33(28,4)5)20-37(29)31(23)42/h26-29,31,36-37H,8-25H2,1-7H3;21-23,25,28-29H,6-20H2,1-5H3/t27-,28-,29-,31+,36+,37-;22-,23-,25+,28+,29-/m11/s1. The van der Waals surface area contributed by atoms with Crippen LogP contribution in [0.2, 0.25) is 0 Å². The number of Topliss-reactive ketones (excluding diaryl/α,β-unsaturated/α-hetero) is 8. The minimum Gasteiger partial charge on any atom is -0.332 e. The maximum Gasteiger partial charge on any atom is 0.248 e. The third-order valence-corrected chi connectivity index (χ3v) is 23.9. The molecule has 0 unspecified atom stereocenters. The number of halogens is 4. The summed E-state index contributed by atoms with van der Waals surface area (Å²) in [7, 11) is 0. The molecule has 538 valence electrons. The van der Waals surface area contributed by atoms with Gasteiger partial charge in [-0.15, -0.1) is 0 Å². The summed E-state index contributed by atoms with van der Waals surface area (Å²) in [6, 6.07) is -1.60. The molecule has 0 aromatic heterocycles. The Kier molecular flexibility index (Phi) is 24.2. The van der Waals surface area contributed by atoms with Gasteiger partial charge in [0.15, 0.2) is 23.1 Å². The number of hydrogen-bond acceptors (Lipinski definition) is 12. The first kappa shape index (κ1) is 76.9. The molecule has 0 radical (unpaired) electrons. The van der Waals surface area contributed by atoms with Gasteiger partial charge in [-0.2, -0.15) is 0 Å². The van der Waals surface area contributed by atoms with Crippen LogP contribution in [-0.4, -0.2) is 128 Å². The van der Waals surface area contributed by atoms with E-state index in [4.69, 9.17) is 0 Å². The zero-order chi connectivity index (χ0) is 71.0. The van der Waals surface area contributed by atoms with Crippen LogP contribution in [0.5, 0.6) is 0 Å². The van der Waals surface area contributed by atoms with E-state index in [0.717, 1.165) is 25.7 Å². The molecule has 5 heterocycles. The molecular weight excluding hydrogens is 1230 g/mol. The van der Waals surface area contributed by atoms with Gasteiger partial charge < -0.3 is 9.80 Å². The number of fused-ring (bicyclic) bond motifs is 6. The predicted octanol–water partition coefficient (Wildman–Crippen LogP) is 14.3. The summed E-state index contributed by atoms with van der Waals surface area (Å²) in [6.45, 7) is 24.2. The van der Waals surface area contributed by atoms with E-state index in [0.29, 0.717) is 64.3 Å². The number of nitrogens with zero attached hydrogens (tertiary/aromatic N) is 3. The van der Waals surface area contributed by atoms with Crippen LogP contribution >= 0.6 is 0 Å². The van der Waals surface area contributed by atoms with E-state index in [2.05, 4.69) is 13.8 Å². The monoisotopic (exact) mass is 1350 g/mol. The quantitative estimate of drug-likeness (QED) is 0.0755. The Labute approximate surface area is 568 Å². The van der Waals surface area contributed by atoms with E-state index < -0.39 is 112 Å². The highest BCUT2D eigenvalue weighted by Crippen LogP contribution is 2.66. The van der Waals surface area contributed by atoms with Gasteiger partial charge in [-0.1, -0.05) is 122 Å². The van der Waals surface area contributed by atoms with Crippen molar-refractivity contribution in [1.82, 2.24) is 14.7 Å². The number of piperidine rings is 3. The number of likely N-dealkylation sites (tertiary alicyclic amines) is 1. The molecule has 19 heteroatoms. The third kappa shape index (κ3) is 20.0. The topological polar surface area (TPSA) is 215 Å². The summed E-state index contributed by atoms with van der Waals surface area (Å²) in [4.78, 5) is 167. The molecule has 9 rings (SSSR count). The van der Waals surface area contributed by atoms with Crippen LogP contribution in [0.25, 0.3) is 0 Å². The minimum absolute atomic E-state index is 0.0239. The van der Waals surface area contributed by atoms with Crippen molar-refractivity contribution in [2.45, 2.75) is 300 Å². The van der Waals surface area contributed by atoms with E-state index in [9.17, 15) is 66.3 Å². The van der Waals surface area contributed by atoms with Gasteiger partial charge in [-0.25, -0.2) is 17.6 Å². The third-order valence-electron chi connectivity index (χ3n) is 23.9. The molecule has 0 spiro atoms. The van der Waals surface area contributed by atoms with Crippen LogP contribution < -0.4 is 0 Å². The second-order valence-corrected chi connectivity index (χ2v) is 35.9. The molecule has 9 aliphatic rings. The summed E-state index contributed by atoms with van der Waals surface area (Å²) in [6.07, 6.45) is 6.97. The molecule has 11 atom stereocenters. The lowest BCUT2D eigenvalue weighted by atomic mass is 9.75. The first-order valence-electron chi connectivity index (χ1n) is 36.9. The van der Waals surface area contributed by atoms with Crippen LogP contribution in [-0.2, 0) is 57.5 Å². The fourth-order valence-corrected chi connectivity index (χ4v) is 17.2. The number of alkyl halides is 4. The highest BCUT2D eigenvalue weighted by atomic mass is 19.3. The average Bonchev–Trinajstić information content (AvgIpc) is 1.53. The minimum atomic E-state index is -3.05. The van der Waals surface area contributed by atoms with Gasteiger partial charge in [0.2, 0.25) is 47.0 Å². The Morgan fingerprint density at radius 3 is 1.25 bits per heavy atom. The molecular formula is C77H115F4N3O12. The summed E-state index contributed by atoms with van der Waals surface area (Å²) < 4.78 is 60.6. The number of carbonyl (C=O) groups is 12. The summed E-state index contributed by atoms with van der Waals surface area (Å²) in [5, 5.41) is 0. The summed E-state index contributed by atoms with van der Waals surface area (Å²) >= 11 is 0. The molecule has 0 bridgehead atoms. The lowest BCUT2D eigenvalue weighted by Crippen LogP contribution is -2.50. The van der Waals surface area contributed by atoms with Crippen molar-refractivity contribution < 1.29 is 75.1 Å². The Morgan fingerprint density at radius 2 is 0.875 bits per heavy atom. The van der Waals surface area contributed by atoms with Crippen LogP contribution in [0, 0.1) is 92.2 Å². The second-order valence-electron chi connectivity index (χ2n) is 35.9. The first-order valence-corrected chi connectivity index (χ1v) is 36.9. The molecule has 5 aliphatic heterocycles. The van der Waals surface area contributed by atoms with Crippen molar-refractivity contribution in [3.8, 4) is 0 Å². The molecule has 0 N–H and O–H groups in total. The Balaban J connectivity index is 0.000000253. The Bertz CT molecular complexity index is 2950. The van der Waals surface area contributed by atoms with Crippen molar-refractivity contribution >= 4 is 69.9 Å². The molecule has 9 fully saturated rings. The van der Waals surface area contributed by atoms with E-state index in [1.807, 2.05) is 69.2 Å². The molecule has 0 aromatic rings. The SMILES string of the molecule is CC(C)(C)CC(=O)C[C@H]1CCC(F)(F)CCCCCC[C@@H](C(=O)C(=O)CC2CC2)CC(=O)[C@@H]2[C@@H]3[C@H](CN2C1=O)C3(C)C.CC1(C)CC(=O)N(C[C@@H](CC(=O)C[C@H]2CCC(F)(F)CCCCCC[C@@H](C(=O)C(=O)CC3CC3)CC(=O)[C@@H]3[C@@H]4[C@H](CN3C2=O)C4(C)C)C(C)(C)C)C(=O)C1. The van der Waals surface area contributed by atoms with E-state index in [1.165, 1.54) is 9.80 Å². The summed E-state index contributed by atoms with van der Waals surface area (Å²) in [5.41, 5.74) is -1.61. The van der Waals surface area contributed by atoms with E-state index in [1.54, 1.807) is 4.90 Å². The largest absolute Gasteiger partial charge is 0.332 e. The number of rotatable bonds is 17. The zero-order valence-electron chi connectivity index (χ0n) is 60.1. The van der Waals surface area contributed by atoms with Crippen molar-refractivity contribution in [1.29, 1.82) is 0 Å². The van der Waals surface area contributed by atoms with Gasteiger partial charge in [-0.3, -0.25) is 62.4 Å². The predicted molar refractivity (Wildman–Crippen MR) is 355 cm³/mol. The fourth-order valence-electron chi connectivity index (χ4n) is 17.2. The van der Waals surface area contributed by atoms with Crippen molar-refractivity contribution in [3.05, 3.63) is 0 Å². The number of hydrogen-bond donors (Lipinski definition) is 0. The number of carbonyl (C=O) groups excluding carboxylic acids is 12. The van der Waals surface area contributed by atoms with Gasteiger partial charge in [-0.05, 0) is 133 Å². The van der Waals surface area contributed by atoms with Crippen LogP contribution in [0.1, 0.15) is 276 Å². The maximum atomic E-state index is 15.4. The molecule has 0 aromatic carbocycles. The van der Waals surface area contributed by atoms with Crippen LogP contribution in [0.15, 0.2) is 0 Å². The van der Waals surface area contributed by atoms with Crippen molar-refractivity contribution in [3.63, 3.8) is 0 Å². The molecule has 96 heavy (non-hydrogen) atoms. The molecule has 5 saturated heterocycles. The molecule has 4 saturated carbocycles. The normalized spacial score (nSPS) is 31.6. The maximum absolute atomic E-state index is 15.4. The Hall–Kier alpha value is -4.84. The average molecular weight is 1350 g/mol. The highest BCUT2D eigenvalue weighted by molar-refractivity contribution is 6.39. The van der Waals surface area contributed by atoms with Gasteiger partial charge >= 0.3 is 0 Å². The van der Waals surface area contributed by atoms with E-state index in [-0.39, 0.29) is 196 Å². The first-order chi connectivity index (χ1) is 44.5. The Morgan fingerprint density at radius 1 is 0.490 bits per heavy atom. The van der Waals surface area contributed by atoms with Crippen LogP contribution in [0.4, 0.5) is 17.6 Å². The second kappa shape index (κ2) is 30.2. The van der Waals surface area contributed by atoms with E-state index >= 15 is 8.78 Å². The van der Waals surface area contributed by atoms with Crippen molar-refractivity contribution in [2.24, 2.45) is 92.2 Å².